The number of amides is 1. The third-order valence-electron chi connectivity index (χ3n) is 4.66. The summed E-state index contributed by atoms with van der Waals surface area (Å²) in [6.07, 6.45) is 5.09. The average molecular weight is 358 g/mol. The lowest BCUT2D eigenvalue weighted by Crippen LogP contribution is -2.45. The maximum absolute atomic E-state index is 12.1. The normalized spacial score (nSPS) is 19.7. The minimum absolute atomic E-state index is 0.0469. The highest BCUT2D eigenvalue weighted by Crippen LogP contribution is 2.23. The molecular weight excluding hydrogens is 332 g/mol. The number of β-amino-alcohol motifs (C(OH)–C–C–N with tert-alkyl or cyclic N) is 1. The zero-order chi connectivity index (χ0) is 18.6. The van der Waals surface area contributed by atoms with Gasteiger partial charge in [0.15, 0.2) is 0 Å². The molecule has 8 heteroatoms. The third kappa shape index (κ3) is 4.57. The topological polar surface area (TPSA) is 96.2 Å². The molecule has 8 nitrogen and oxygen atoms in total. The number of aliphatic hydroxyl groups is 1. The lowest BCUT2D eigenvalue weighted by molar-refractivity contribution is -0.122. The van der Waals surface area contributed by atoms with Crippen LogP contribution in [0.5, 0.6) is 0 Å². The lowest BCUT2D eigenvalue weighted by atomic mass is 10.0. The van der Waals surface area contributed by atoms with Gasteiger partial charge in [0.1, 0.15) is 5.60 Å². The zero-order valence-corrected chi connectivity index (χ0v) is 15.4. The molecule has 1 aliphatic heterocycles. The molecule has 0 aromatic carbocycles. The van der Waals surface area contributed by atoms with Gasteiger partial charge >= 0.3 is 0 Å². The summed E-state index contributed by atoms with van der Waals surface area (Å²) >= 11 is 0. The molecule has 0 unspecified atom stereocenters. The Labute approximate surface area is 153 Å². The van der Waals surface area contributed by atoms with Gasteiger partial charge in [-0.15, -0.1) is 0 Å². The molecule has 2 aromatic heterocycles. The lowest BCUT2D eigenvalue weighted by Gasteiger charge is -2.23. The number of aromatic nitrogens is 4. The van der Waals surface area contributed by atoms with Crippen LogP contribution in [0.1, 0.15) is 30.7 Å². The number of aryl methyl sites for hydroxylation is 3. The number of hydrogen-bond donors (Lipinski definition) is 2. The first-order chi connectivity index (χ1) is 12.5. The van der Waals surface area contributed by atoms with Crippen LogP contribution in [-0.2, 0) is 11.3 Å². The average Bonchev–Trinajstić information content (AvgIpc) is 3.17. The molecule has 26 heavy (non-hydrogen) atoms. The van der Waals surface area contributed by atoms with Crippen molar-refractivity contribution >= 4 is 11.9 Å². The standard InChI is InChI=1S/C18H26N6O2/c1-14-11-15(2)24(22-14)9-3-5-16(25)21-12-18(26)6-10-23(13-18)17-19-7-4-8-20-17/h4,7-8,11,26H,3,5-6,9-10,12-13H2,1-2H3,(H,21,25)/t18-/m1/s1. The molecular formula is C18H26N6O2. The Balaban J connectivity index is 1.41. The number of carbonyl (C=O) groups excluding carboxylic acids is 1. The maximum atomic E-state index is 12.1. The fourth-order valence-corrected chi connectivity index (χ4v) is 3.27. The van der Waals surface area contributed by atoms with E-state index < -0.39 is 5.60 Å². The fraction of sp³-hybridized carbons (Fsp3) is 0.556. The summed E-state index contributed by atoms with van der Waals surface area (Å²) in [5.41, 5.74) is 1.15. The second kappa shape index (κ2) is 7.82. The van der Waals surface area contributed by atoms with Gasteiger partial charge in [0.2, 0.25) is 11.9 Å². The first-order valence-corrected chi connectivity index (χ1v) is 8.97. The van der Waals surface area contributed by atoms with Crippen molar-refractivity contribution in [3.63, 3.8) is 0 Å². The molecule has 0 aliphatic carbocycles. The van der Waals surface area contributed by atoms with Gasteiger partial charge in [0.05, 0.1) is 12.2 Å². The number of rotatable bonds is 7. The summed E-state index contributed by atoms with van der Waals surface area (Å²) in [5.74, 6) is 0.564. The maximum Gasteiger partial charge on any atom is 0.225 e. The van der Waals surface area contributed by atoms with Crippen LogP contribution in [0.15, 0.2) is 24.5 Å². The SMILES string of the molecule is Cc1cc(C)n(CCCC(=O)NC[C@]2(O)CCN(c3ncccn3)C2)n1. The predicted molar refractivity (Wildman–Crippen MR) is 97.8 cm³/mol. The third-order valence-corrected chi connectivity index (χ3v) is 4.66. The van der Waals surface area contributed by atoms with Crippen molar-refractivity contribution in [2.75, 3.05) is 24.5 Å². The van der Waals surface area contributed by atoms with Crippen molar-refractivity contribution in [1.29, 1.82) is 0 Å². The number of hydrogen-bond acceptors (Lipinski definition) is 6. The van der Waals surface area contributed by atoms with E-state index in [2.05, 4.69) is 20.4 Å². The minimum Gasteiger partial charge on any atom is -0.386 e. The van der Waals surface area contributed by atoms with Crippen molar-refractivity contribution in [2.45, 2.75) is 45.3 Å². The van der Waals surface area contributed by atoms with Gasteiger partial charge in [-0.2, -0.15) is 5.10 Å². The number of carbonyl (C=O) groups is 1. The van der Waals surface area contributed by atoms with Crippen LogP contribution in [0, 0.1) is 13.8 Å². The molecule has 0 bridgehead atoms. The van der Waals surface area contributed by atoms with Gasteiger partial charge < -0.3 is 15.3 Å². The Morgan fingerprint density at radius 1 is 1.35 bits per heavy atom. The van der Waals surface area contributed by atoms with Gasteiger partial charge in [-0.05, 0) is 38.8 Å². The molecule has 0 spiro atoms. The van der Waals surface area contributed by atoms with E-state index in [9.17, 15) is 9.90 Å². The van der Waals surface area contributed by atoms with Gasteiger partial charge in [-0.25, -0.2) is 9.97 Å². The van der Waals surface area contributed by atoms with Crippen molar-refractivity contribution in [2.24, 2.45) is 0 Å². The number of anilines is 1. The van der Waals surface area contributed by atoms with E-state index in [-0.39, 0.29) is 12.5 Å². The Morgan fingerprint density at radius 3 is 2.81 bits per heavy atom. The highest BCUT2D eigenvalue weighted by Gasteiger charge is 2.37. The Hall–Kier alpha value is -2.48. The molecule has 0 saturated carbocycles. The van der Waals surface area contributed by atoms with Crippen LogP contribution in [0.2, 0.25) is 0 Å². The van der Waals surface area contributed by atoms with E-state index in [1.807, 2.05) is 29.5 Å². The number of nitrogens with one attached hydrogen (secondary N) is 1. The first-order valence-electron chi connectivity index (χ1n) is 8.97. The van der Waals surface area contributed by atoms with Crippen molar-refractivity contribution < 1.29 is 9.90 Å². The predicted octanol–water partition coefficient (Wildman–Crippen LogP) is 0.828. The molecule has 1 atom stereocenters. The molecule has 2 N–H and O–H groups in total. The highest BCUT2D eigenvalue weighted by atomic mass is 16.3. The van der Waals surface area contributed by atoms with Gasteiger partial charge in [0.25, 0.3) is 0 Å². The second-order valence-electron chi connectivity index (χ2n) is 6.98. The minimum atomic E-state index is -0.940. The summed E-state index contributed by atoms with van der Waals surface area (Å²) in [6, 6.07) is 3.79. The van der Waals surface area contributed by atoms with Crippen LogP contribution in [-0.4, -0.2) is 56.0 Å². The Bertz CT molecular complexity index is 747. The first kappa shape index (κ1) is 18.3. The molecule has 1 saturated heterocycles. The summed E-state index contributed by atoms with van der Waals surface area (Å²) in [7, 11) is 0. The summed E-state index contributed by atoms with van der Waals surface area (Å²) in [5, 5.41) is 17.9. The zero-order valence-electron chi connectivity index (χ0n) is 15.4. The van der Waals surface area contributed by atoms with Crippen LogP contribution in [0.25, 0.3) is 0 Å². The molecule has 2 aromatic rings. The molecule has 3 rings (SSSR count). The van der Waals surface area contributed by atoms with Crippen molar-refractivity contribution in [3.05, 3.63) is 35.9 Å². The van der Waals surface area contributed by atoms with E-state index >= 15 is 0 Å². The molecule has 3 heterocycles. The second-order valence-corrected chi connectivity index (χ2v) is 6.98. The van der Waals surface area contributed by atoms with Gasteiger partial charge in [-0.3, -0.25) is 9.48 Å². The molecule has 1 fully saturated rings. The Kier molecular flexibility index (Phi) is 5.51. The van der Waals surface area contributed by atoms with Crippen LogP contribution >= 0.6 is 0 Å². The largest absolute Gasteiger partial charge is 0.386 e. The summed E-state index contributed by atoms with van der Waals surface area (Å²) in [6.45, 7) is 6.03. The monoisotopic (exact) mass is 358 g/mol. The molecule has 1 amide bonds. The van der Waals surface area contributed by atoms with Crippen LogP contribution in [0.4, 0.5) is 5.95 Å². The molecule has 0 radical (unpaired) electrons. The van der Waals surface area contributed by atoms with Gasteiger partial charge in [0, 0.05) is 44.1 Å². The molecule has 140 valence electrons. The van der Waals surface area contributed by atoms with E-state index in [0.717, 1.165) is 24.4 Å². The van der Waals surface area contributed by atoms with Crippen LogP contribution in [0.3, 0.4) is 0 Å². The van der Waals surface area contributed by atoms with E-state index in [1.54, 1.807) is 18.5 Å². The Morgan fingerprint density at radius 2 is 2.12 bits per heavy atom. The van der Waals surface area contributed by atoms with Crippen molar-refractivity contribution in [1.82, 2.24) is 25.1 Å². The van der Waals surface area contributed by atoms with Crippen molar-refractivity contribution in [3.8, 4) is 0 Å². The quantitative estimate of drug-likeness (QED) is 0.761. The number of nitrogens with zero attached hydrogens (tertiary/aromatic N) is 5. The fourth-order valence-electron chi connectivity index (χ4n) is 3.27. The summed E-state index contributed by atoms with van der Waals surface area (Å²) in [4.78, 5) is 22.4. The van der Waals surface area contributed by atoms with E-state index in [0.29, 0.717) is 31.9 Å². The van der Waals surface area contributed by atoms with E-state index in [4.69, 9.17) is 0 Å². The highest BCUT2D eigenvalue weighted by molar-refractivity contribution is 5.75. The van der Waals surface area contributed by atoms with Crippen LogP contribution < -0.4 is 10.2 Å². The van der Waals surface area contributed by atoms with Gasteiger partial charge in [-0.1, -0.05) is 0 Å². The summed E-state index contributed by atoms with van der Waals surface area (Å²) < 4.78 is 1.92. The van der Waals surface area contributed by atoms with E-state index in [1.165, 1.54) is 0 Å². The molecule has 1 aliphatic rings. The smallest absolute Gasteiger partial charge is 0.225 e.